The number of benzene rings is 3. The van der Waals surface area contributed by atoms with Gasteiger partial charge in [0.1, 0.15) is 18.3 Å². The molecule has 1 N–H and O–H groups in total. The van der Waals surface area contributed by atoms with Gasteiger partial charge in [-0.15, -0.1) is 0 Å². The minimum absolute atomic E-state index is 0.119. The first kappa shape index (κ1) is 32.0. The Morgan fingerprint density at radius 2 is 1.66 bits per heavy atom. The van der Waals surface area contributed by atoms with Crippen molar-refractivity contribution in [3.63, 3.8) is 0 Å². The van der Waals surface area contributed by atoms with Crippen LogP contribution < -0.4 is 14.4 Å². The van der Waals surface area contributed by atoms with E-state index in [4.69, 9.17) is 16.3 Å². The molecule has 1 atom stereocenters. The molecule has 0 aliphatic carbocycles. The van der Waals surface area contributed by atoms with Crippen LogP contribution in [0.5, 0.6) is 5.75 Å². The highest BCUT2D eigenvalue weighted by Crippen LogP contribution is 2.30. The van der Waals surface area contributed by atoms with Crippen molar-refractivity contribution in [1.82, 2.24) is 10.2 Å². The maximum Gasteiger partial charge on any atom is 0.244 e. The zero-order valence-electron chi connectivity index (χ0n) is 24.1. The van der Waals surface area contributed by atoms with Crippen molar-refractivity contribution >= 4 is 39.1 Å². The molecular weight excluding hydrogens is 562 g/mol. The molecule has 0 radical (unpaired) electrons. The second-order valence-corrected chi connectivity index (χ2v) is 12.8. The fourth-order valence-electron chi connectivity index (χ4n) is 4.41. The van der Waals surface area contributed by atoms with Crippen molar-refractivity contribution in [3.05, 3.63) is 94.5 Å². The van der Waals surface area contributed by atoms with Crippen LogP contribution in [0.4, 0.5) is 5.69 Å². The van der Waals surface area contributed by atoms with Gasteiger partial charge < -0.3 is 15.0 Å². The van der Waals surface area contributed by atoms with E-state index in [1.165, 1.54) is 24.1 Å². The fourth-order valence-corrected chi connectivity index (χ4v) is 5.50. The Bertz CT molecular complexity index is 1450. The lowest BCUT2D eigenvalue weighted by molar-refractivity contribution is -0.140. The average molecular weight is 600 g/mol. The van der Waals surface area contributed by atoms with E-state index >= 15 is 0 Å². The molecule has 10 heteroatoms. The standard InChI is InChI=1S/C31H38ClN3O5S/c1-22(2)19-33-31(37)28(17-24-11-7-6-8-12-24)34(20-25-13-9-10-23(3)16-25)30(36)21-35(41(5,38)39)26-14-15-29(40-4)27(32)18-26/h6-16,18,22,28H,17,19-21H2,1-5H3,(H,33,37)/t28-/m0/s1. The van der Waals surface area contributed by atoms with Gasteiger partial charge in [0, 0.05) is 19.5 Å². The number of amides is 2. The second kappa shape index (κ2) is 14.4. The number of nitrogens with zero attached hydrogens (tertiary/aromatic N) is 2. The predicted octanol–water partition coefficient (Wildman–Crippen LogP) is 4.84. The first-order chi connectivity index (χ1) is 19.4. The number of halogens is 1. The quantitative estimate of drug-likeness (QED) is 0.303. The van der Waals surface area contributed by atoms with E-state index in [1.54, 1.807) is 6.07 Å². The monoisotopic (exact) mass is 599 g/mol. The SMILES string of the molecule is COc1ccc(N(CC(=O)N(Cc2cccc(C)c2)[C@@H](Cc2ccccc2)C(=O)NCC(C)C)S(C)(=O)=O)cc1Cl. The molecule has 0 aliphatic rings. The third-order valence-corrected chi connectivity index (χ3v) is 7.93. The van der Waals surface area contributed by atoms with Gasteiger partial charge in [-0.05, 0) is 42.2 Å². The number of hydrogen-bond donors (Lipinski definition) is 1. The van der Waals surface area contributed by atoms with Crippen molar-refractivity contribution in [2.24, 2.45) is 5.92 Å². The summed E-state index contributed by atoms with van der Waals surface area (Å²) < 4.78 is 32.1. The van der Waals surface area contributed by atoms with Gasteiger partial charge in [-0.3, -0.25) is 13.9 Å². The number of anilines is 1. The highest BCUT2D eigenvalue weighted by atomic mass is 35.5. The van der Waals surface area contributed by atoms with Crippen molar-refractivity contribution in [2.75, 3.05) is 30.8 Å². The maximum absolute atomic E-state index is 14.1. The Balaban J connectivity index is 2.06. The Hall–Kier alpha value is -3.56. The number of rotatable bonds is 13. The summed E-state index contributed by atoms with van der Waals surface area (Å²) in [4.78, 5) is 29.3. The molecule has 0 spiro atoms. The Morgan fingerprint density at radius 1 is 0.976 bits per heavy atom. The minimum atomic E-state index is -3.90. The van der Waals surface area contributed by atoms with E-state index in [0.717, 1.165) is 27.3 Å². The molecule has 41 heavy (non-hydrogen) atoms. The molecule has 0 heterocycles. The number of aryl methyl sites for hydroxylation is 1. The maximum atomic E-state index is 14.1. The van der Waals surface area contributed by atoms with Crippen LogP contribution in [-0.4, -0.2) is 57.6 Å². The van der Waals surface area contributed by atoms with Crippen LogP contribution in [-0.2, 0) is 32.6 Å². The zero-order chi connectivity index (χ0) is 30.2. The number of methoxy groups -OCH3 is 1. The molecule has 3 rings (SSSR count). The van der Waals surface area contributed by atoms with Crippen LogP contribution in [0, 0.1) is 12.8 Å². The number of nitrogens with one attached hydrogen (secondary N) is 1. The first-order valence-corrected chi connectivity index (χ1v) is 15.6. The molecule has 0 aromatic heterocycles. The molecule has 2 amide bonds. The highest BCUT2D eigenvalue weighted by Gasteiger charge is 2.33. The van der Waals surface area contributed by atoms with Crippen molar-refractivity contribution < 1.29 is 22.7 Å². The van der Waals surface area contributed by atoms with Gasteiger partial charge in [0.25, 0.3) is 0 Å². The summed E-state index contributed by atoms with van der Waals surface area (Å²) in [6, 6.07) is 20.8. The van der Waals surface area contributed by atoms with Gasteiger partial charge in [0.05, 0.1) is 24.1 Å². The first-order valence-electron chi connectivity index (χ1n) is 13.4. The van der Waals surface area contributed by atoms with E-state index in [2.05, 4.69) is 5.32 Å². The van der Waals surface area contributed by atoms with Crippen molar-refractivity contribution in [3.8, 4) is 5.75 Å². The van der Waals surface area contributed by atoms with Crippen LogP contribution in [0.1, 0.15) is 30.5 Å². The molecular formula is C31H38ClN3O5S. The third kappa shape index (κ3) is 9.23. The molecule has 220 valence electrons. The van der Waals surface area contributed by atoms with Crippen LogP contribution in [0.2, 0.25) is 5.02 Å². The number of carbonyl (C=O) groups is 2. The lowest BCUT2D eigenvalue weighted by Gasteiger charge is -2.33. The summed E-state index contributed by atoms with van der Waals surface area (Å²) in [6.07, 6.45) is 1.29. The average Bonchev–Trinajstić information content (AvgIpc) is 2.92. The molecule has 3 aromatic rings. The van der Waals surface area contributed by atoms with Crippen molar-refractivity contribution in [2.45, 2.75) is 39.8 Å². The third-order valence-electron chi connectivity index (χ3n) is 6.49. The molecule has 0 saturated heterocycles. The smallest absolute Gasteiger partial charge is 0.244 e. The summed E-state index contributed by atoms with van der Waals surface area (Å²) in [5.41, 5.74) is 2.92. The van der Waals surface area contributed by atoms with Gasteiger partial charge in [-0.1, -0.05) is 85.6 Å². The predicted molar refractivity (Wildman–Crippen MR) is 164 cm³/mol. The van der Waals surface area contributed by atoms with Crippen LogP contribution in [0.3, 0.4) is 0 Å². The van der Waals surface area contributed by atoms with E-state index < -0.39 is 28.5 Å². The largest absolute Gasteiger partial charge is 0.495 e. The summed E-state index contributed by atoms with van der Waals surface area (Å²) in [5, 5.41) is 3.18. The highest BCUT2D eigenvalue weighted by molar-refractivity contribution is 7.92. The lowest BCUT2D eigenvalue weighted by Crippen LogP contribution is -2.53. The summed E-state index contributed by atoms with van der Waals surface area (Å²) in [5.74, 6) is -0.245. The number of carbonyl (C=O) groups excluding carboxylic acids is 2. The Morgan fingerprint density at radius 3 is 2.24 bits per heavy atom. The zero-order valence-corrected chi connectivity index (χ0v) is 25.7. The number of hydrogen-bond acceptors (Lipinski definition) is 5. The lowest BCUT2D eigenvalue weighted by atomic mass is 10.0. The molecule has 3 aromatic carbocycles. The molecule has 0 saturated carbocycles. The van der Waals surface area contributed by atoms with E-state index in [1.807, 2.05) is 75.4 Å². The second-order valence-electron chi connectivity index (χ2n) is 10.4. The van der Waals surface area contributed by atoms with Crippen molar-refractivity contribution in [1.29, 1.82) is 0 Å². The van der Waals surface area contributed by atoms with Crippen LogP contribution in [0.15, 0.2) is 72.8 Å². The van der Waals surface area contributed by atoms with Gasteiger partial charge in [-0.2, -0.15) is 0 Å². The normalized spacial score (nSPS) is 12.1. The minimum Gasteiger partial charge on any atom is -0.495 e. The van der Waals surface area contributed by atoms with Gasteiger partial charge in [0.2, 0.25) is 21.8 Å². The van der Waals surface area contributed by atoms with Gasteiger partial charge in [-0.25, -0.2) is 8.42 Å². The number of sulfonamides is 1. The summed E-state index contributed by atoms with van der Waals surface area (Å²) >= 11 is 6.29. The van der Waals surface area contributed by atoms with E-state index in [-0.39, 0.29) is 35.5 Å². The van der Waals surface area contributed by atoms with E-state index in [0.29, 0.717) is 12.3 Å². The molecule has 0 aliphatic heterocycles. The Kier molecular flexibility index (Phi) is 11.2. The molecule has 8 nitrogen and oxygen atoms in total. The molecule has 0 unspecified atom stereocenters. The Labute approximate surface area is 248 Å². The number of ether oxygens (including phenoxy) is 1. The molecule has 0 fully saturated rings. The van der Waals surface area contributed by atoms with Crippen LogP contribution in [0.25, 0.3) is 0 Å². The van der Waals surface area contributed by atoms with E-state index in [9.17, 15) is 18.0 Å². The molecule has 0 bridgehead atoms. The van der Waals surface area contributed by atoms with Gasteiger partial charge >= 0.3 is 0 Å². The fraction of sp³-hybridized carbons (Fsp3) is 0.355. The summed E-state index contributed by atoms with van der Waals surface area (Å²) in [7, 11) is -2.45. The van der Waals surface area contributed by atoms with Crippen LogP contribution >= 0.6 is 11.6 Å². The van der Waals surface area contributed by atoms with Gasteiger partial charge in [0.15, 0.2) is 0 Å². The topological polar surface area (TPSA) is 96.0 Å². The summed E-state index contributed by atoms with van der Waals surface area (Å²) in [6.45, 7) is 5.98.